The van der Waals surface area contributed by atoms with Crippen LogP contribution in [0.5, 0.6) is 0 Å². The van der Waals surface area contributed by atoms with E-state index < -0.39 is 0 Å². The van der Waals surface area contributed by atoms with E-state index in [9.17, 15) is 0 Å². The van der Waals surface area contributed by atoms with Gasteiger partial charge in [-0.1, -0.05) is 12.2 Å². The van der Waals surface area contributed by atoms with E-state index >= 15 is 0 Å². The second-order valence-electron chi connectivity index (χ2n) is 3.00. The minimum Gasteiger partial charge on any atom is -0.388 e. The van der Waals surface area contributed by atoms with E-state index in [1.54, 1.807) is 11.3 Å². The number of hydrogen-bond acceptors (Lipinski definition) is 2. The van der Waals surface area contributed by atoms with Crippen molar-refractivity contribution in [2.45, 2.75) is 19.8 Å². The Hall–Kier alpha value is -1.18. The van der Waals surface area contributed by atoms with Gasteiger partial charge in [0.15, 0.2) is 0 Å². The van der Waals surface area contributed by atoms with Crippen molar-refractivity contribution in [1.29, 1.82) is 0 Å². The van der Waals surface area contributed by atoms with Crippen LogP contribution < -0.4 is 0 Å². The first-order valence-corrected chi connectivity index (χ1v) is 4.12. The summed E-state index contributed by atoms with van der Waals surface area (Å²) < 4.78 is 0. The van der Waals surface area contributed by atoms with Crippen LogP contribution in [0.2, 0.25) is 0 Å². The number of nitrogens with zero attached hydrogens (tertiary/aromatic N) is 1. The fourth-order valence-electron chi connectivity index (χ4n) is 1.03. The molecule has 0 aromatic rings. The van der Waals surface area contributed by atoms with Gasteiger partial charge in [-0.2, -0.15) is 0 Å². The van der Waals surface area contributed by atoms with Crippen molar-refractivity contribution in [3.63, 3.8) is 0 Å². The third-order valence-corrected chi connectivity index (χ3v) is 1.84. The zero-order valence-corrected chi connectivity index (χ0v) is 7.71. The molecule has 1 rings (SSSR count). The van der Waals surface area contributed by atoms with Crippen LogP contribution in [0.25, 0.3) is 0 Å². The second-order valence-corrected chi connectivity index (χ2v) is 3.00. The van der Waals surface area contributed by atoms with Gasteiger partial charge in [-0.05, 0) is 31.9 Å². The fraction of sp³-hybridized carbons (Fsp3) is 0.400. The molecule has 0 radical (unpaired) electrons. The van der Waals surface area contributed by atoms with Gasteiger partial charge >= 0.3 is 0 Å². The maximum atomic E-state index is 5.23. The maximum Gasteiger partial charge on any atom is 0.115 e. The Balaban J connectivity index is 2.73. The highest BCUT2D eigenvalue weighted by molar-refractivity contribution is 5.18. The second kappa shape index (κ2) is 4.00. The number of hydroxylamine groups is 2. The van der Waals surface area contributed by atoms with Gasteiger partial charge in [0.2, 0.25) is 0 Å². The summed E-state index contributed by atoms with van der Waals surface area (Å²) in [4.78, 5) is 5.23. The normalized spacial score (nSPS) is 26.0. The third kappa shape index (κ3) is 2.46. The summed E-state index contributed by atoms with van der Waals surface area (Å²) in [5.74, 6) is 0. The zero-order valence-electron chi connectivity index (χ0n) is 7.71. The van der Waals surface area contributed by atoms with Crippen molar-refractivity contribution < 1.29 is 4.84 Å². The van der Waals surface area contributed by atoms with Crippen LogP contribution in [0, 0.1) is 0 Å². The van der Waals surface area contributed by atoms with Crippen molar-refractivity contribution >= 4 is 0 Å². The van der Waals surface area contributed by atoms with E-state index in [2.05, 4.69) is 13.5 Å². The molecule has 1 aliphatic heterocycles. The molecule has 66 valence electrons. The summed E-state index contributed by atoms with van der Waals surface area (Å²) in [5.41, 5.74) is 2.22. The third-order valence-electron chi connectivity index (χ3n) is 1.84. The molecule has 2 heteroatoms. The summed E-state index contributed by atoms with van der Waals surface area (Å²) in [7, 11) is 1.85. The van der Waals surface area contributed by atoms with Gasteiger partial charge in [-0.15, -0.1) is 0 Å². The van der Waals surface area contributed by atoms with Crippen LogP contribution in [-0.2, 0) is 4.84 Å². The average molecular weight is 165 g/mol. The molecule has 0 aromatic carbocycles. The molecule has 12 heavy (non-hydrogen) atoms. The zero-order chi connectivity index (χ0) is 8.97. The first kappa shape index (κ1) is 8.91. The summed E-state index contributed by atoms with van der Waals surface area (Å²) in [6.07, 6.45) is 7.88. The lowest BCUT2D eigenvalue weighted by atomic mass is 10.1. The minimum atomic E-state index is 0.888. The van der Waals surface area contributed by atoms with Gasteiger partial charge in [0.25, 0.3) is 0 Å². The topological polar surface area (TPSA) is 12.5 Å². The molecule has 1 heterocycles. The average Bonchev–Trinajstić information content (AvgIpc) is 2.07. The van der Waals surface area contributed by atoms with Crippen molar-refractivity contribution in [1.82, 2.24) is 5.06 Å². The first-order chi connectivity index (χ1) is 5.70. The smallest absolute Gasteiger partial charge is 0.115 e. The van der Waals surface area contributed by atoms with Crippen LogP contribution in [0.3, 0.4) is 0 Å². The van der Waals surface area contributed by atoms with Gasteiger partial charge in [-0.3, -0.25) is 0 Å². The van der Waals surface area contributed by atoms with Crippen molar-refractivity contribution in [2.24, 2.45) is 0 Å². The molecule has 0 bridgehead atoms. The highest BCUT2D eigenvalue weighted by atomic mass is 16.7. The lowest BCUT2D eigenvalue weighted by Gasteiger charge is -2.16. The van der Waals surface area contributed by atoms with Crippen LogP contribution in [0.4, 0.5) is 0 Å². The summed E-state index contributed by atoms with van der Waals surface area (Å²) >= 11 is 0. The van der Waals surface area contributed by atoms with Crippen molar-refractivity contribution in [2.75, 3.05) is 7.05 Å². The Kier molecular flexibility index (Phi) is 2.97. The molecule has 0 fully saturated rings. The molecule has 2 nitrogen and oxygen atoms in total. The monoisotopic (exact) mass is 165 g/mol. The van der Waals surface area contributed by atoms with Crippen molar-refractivity contribution in [3.8, 4) is 0 Å². The van der Waals surface area contributed by atoms with E-state index in [1.807, 2.05) is 19.2 Å². The molecule has 0 atom stereocenters. The minimum absolute atomic E-state index is 0.888. The Morgan fingerprint density at radius 3 is 3.08 bits per heavy atom. The molecule has 0 saturated carbocycles. The number of rotatable bonds is 0. The Morgan fingerprint density at radius 1 is 1.58 bits per heavy atom. The highest BCUT2D eigenvalue weighted by Gasteiger charge is 2.00. The van der Waals surface area contributed by atoms with E-state index in [-0.39, 0.29) is 0 Å². The molecule has 0 unspecified atom stereocenters. The molecule has 0 aromatic heterocycles. The molecule has 0 amide bonds. The Bertz CT molecular complexity index is 228. The summed E-state index contributed by atoms with van der Waals surface area (Å²) in [5, 5.41) is 1.66. The van der Waals surface area contributed by atoms with E-state index in [1.165, 1.54) is 5.57 Å². The van der Waals surface area contributed by atoms with Gasteiger partial charge < -0.3 is 4.84 Å². The predicted octanol–water partition coefficient (Wildman–Crippen LogP) is 2.62. The Morgan fingerprint density at radius 2 is 2.33 bits per heavy atom. The maximum absolute atomic E-state index is 5.23. The van der Waals surface area contributed by atoms with Crippen LogP contribution in [0.1, 0.15) is 19.8 Å². The molecule has 0 spiro atoms. The first-order valence-electron chi connectivity index (χ1n) is 4.12. The van der Waals surface area contributed by atoms with Crippen LogP contribution in [0.15, 0.2) is 36.3 Å². The molecule has 0 aliphatic carbocycles. The number of allylic oxidation sites excluding steroid dienone is 3. The number of hydrogen-bond donors (Lipinski definition) is 0. The summed E-state index contributed by atoms with van der Waals surface area (Å²) in [6.45, 7) is 5.99. The largest absolute Gasteiger partial charge is 0.388 e. The van der Waals surface area contributed by atoms with Crippen LogP contribution in [-0.4, -0.2) is 12.1 Å². The number of likely N-dealkylation sites (N-methyl/N-ethyl adjacent to an activating group) is 1. The fourth-order valence-corrected chi connectivity index (χ4v) is 1.03. The molecule has 0 saturated heterocycles. The standard InChI is InChI=1S/C10H15NO/c1-9-6-4-5-7-12-11(3)10(2)8-9/h5,7-8H,2,4,6H2,1,3H3/b7-5-,9-8+. The highest BCUT2D eigenvalue weighted by Crippen LogP contribution is 2.12. The van der Waals surface area contributed by atoms with Gasteiger partial charge in [0, 0.05) is 7.05 Å². The quantitative estimate of drug-likeness (QED) is 0.547. The van der Waals surface area contributed by atoms with Gasteiger partial charge in [0.05, 0.1) is 5.70 Å². The molecular weight excluding hydrogens is 150 g/mol. The van der Waals surface area contributed by atoms with E-state index in [0.29, 0.717) is 0 Å². The lowest BCUT2D eigenvalue weighted by molar-refractivity contribution is -0.0407. The molecule has 1 aliphatic rings. The SMILES string of the molecule is C=C1/C=C(\C)CC/C=C\ON1C. The van der Waals surface area contributed by atoms with Gasteiger partial charge in [-0.25, -0.2) is 5.06 Å². The van der Waals surface area contributed by atoms with Gasteiger partial charge in [0.1, 0.15) is 6.26 Å². The lowest BCUT2D eigenvalue weighted by Crippen LogP contribution is -2.12. The van der Waals surface area contributed by atoms with E-state index in [4.69, 9.17) is 4.84 Å². The van der Waals surface area contributed by atoms with Crippen molar-refractivity contribution in [3.05, 3.63) is 36.3 Å². The molecule has 0 N–H and O–H groups in total. The summed E-state index contributed by atoms with van der Waals surface area (Å²) in [6, 6.07) is 0. The van der Waals surface area contributed by atoms with Crippen LogP contribution >= 0.6 is 0 Å². The Labute approximate surface area is 73.8 Å². The predicted molar refractivity (Wildman–Crippen MR) is 50.1 cm³/mol. The van der Waals surface area contributed by atoms with E-state index in [0.717, 1.165) is 18.5 Å². The molecular formula is C10H15NO.